The Morgan fingerprint density at radius 1 is 1.36 bits per heavy atom. The number of aromatic nitrogens is 3. The molecule has 0 radical (unpaired) electrons. The van der Waals surface area contributed by atoms with Gasteiger partial charge in [-0.3, -0.25) is 9.69 Å². The summed E-state index contributed by atoms with van der Waals surface area (Å²) >= 11 is 0. The van der Waals surface area contributed by atoms with Crippen LogP contribution in [0.4, 0.5) is 0 Å². The van der Waals surface area contributed by atoms with Crippen molar-refractivity contribution in [2.24, 2.45) is 5.92 Å². The molecule has 1 fully saturated rings. The van der Waals surface area contributed by atoms with Crippen LogP contribution in [0, 0.1) is 12.8 Å². The van der Waals surface area contributed by atoms with Crippen molar-refractivity contribution in [1.29, 1.82) is 0 Å². The quantitative estimate of drug-likeness (QED) is 0.842. The second kappa shape index (κ2) is 6.04. The second-order valence-corrected chi connectivity index (χ2v) is 6.37. The van der Waals surface area contributed by atoms with Crippen LogP contribution in [0.1, 0.15) is 37.1 Å². The van der Waals surface area contributed by atoms with E-state index in [4.69, 9.17) is 4.42 Å². The van der Waals surface area contributed by atoms with E-state index in [2.05, 4.69) is 28.8 Å². The van der Waals surface area contributed by atoms with Gasteiger partial charge in [-0.1, -0.05) is 13.8 Å². The lowest BCUT2D eigenvalue weighted by Crippen LogP contribution is -2.48. The van der Waals surface area contributed by atoms with Gasteiger partial charge in [-0.2, -0.15) is 5.10 Å². The predicted octanol–water partition coefficient (Wildman–Crippen LogP) is 1.80. The predicted molar refractivity (Wildman–Crippen MR) is 82.6 cm³/mol. The summed E-state index contributed by atoms with van der Waals surface area (Å²) in [4.78, 5) is 18.3. The summed E-state index contributed by atoms with van der Waals surface area (Å²) in [6.45, 7) is 9.40. The molecule has 0 aromatic carbocycles. The molecule has 2 aromatic heterocycles. The van der Waals surface area contributed by atoms with Crippen LogP contribution in [0.5, 0.6) is 0 Å². The highest BCUT2D eigenvalue weighted by atomic mass is 16.4. The molecule has 1 saturated heterocycles. The van der Waals surface area contributed by atoms with E-state index in [-0.39, 0.29) is 5.56 Å². The van der Waals surface area contributed by atoms with E-state index in [0.29, 0.717) is 18.4 Å². The Kier molecular flexibility index (Phi) is 4.11. The number of hydrogen-bond donors (Lipinski definition) is 0. The van der Waals surface area contributed by atoms with Gasteiger partial charge in [-0.25, -0.2) is 9.67 Å². The molecule has 6 nitrogen and oxygen atoms in total. The van der Waals surface area contributed by atoms with Gasteiger partial charge in [0.1, 0.15) is 5.76 Å². The Morgan fingerprint density at radius 3 is 2.82 bits per heavy atom. The summed E-state index contributed by atoms with van der Waals surface area (Å²) in [6, 6.07) is 3.33. The van der Waals surface area contributed by atoms with Crippen LogP contribution < -0.4 is 5.56 Å². The third-order valence-corrected chi connectivity index (χ3v) is 3.96. The average molecular weight is 302 g/mol. The Bertz CT molecular complexity index is 698. The molecule has 0 amide bonds. The molecule has 3 heterocycles. The van der Waals surface area contributed by atoms with Crippen LogP contribution in [0.3, 0.4) is 0 Å². The summed E-state index contributed by atoms with van der Waals surface area (Å²) in [6.07, 6.45) is 1.81. The third-order valence-electron chi connectivity index (χ3n) is 3.96. The fourth-order valence-corrected chi connectivity index (χ4v) is 2.70. The van der Waals surface area contributed by atoms with Crippen LogP contribution in [0.25, 0.3) is 0 Å². The average Bonchev–Trinajstić information content (AvgIpc) is 2.89. The Balaban J connectivity index is 1.51. The molecule has 0 bridgehead atoms. The number of hydrogen-bond acceptors (Lipinski definition) is 5. The summed E-state index contributed by atoms with van der Waals surface area (Å²) in [5, 5.41) is 4.28. The lowest BCUT2D eigenvalue weighted by Gasteiger charge is -2.38. The first-order valence-corrected chi connectivity index (χ1v) is 7.73. The first kappa shape index (κ1) is 15.0. The van der Waals surface area contributed by atoms with Crippen molar-refractivity contribution >= 4 is 0 Å². The molecule has 1 aliphatic heterocycles. The number of nitrogens with zero attached hydrogens (tertiary/aromatic N) is 4. The van der Waals surface area contributed by atoms with Crippen molar-refractivity contribution in [3.8, 4) is 0 Å². The van der Waals surface area contributed by atoms with E-state index in [1.807, 2.05) is 13.1 Å². The molecular formula is C16H22N4O2. The Hall–Kier alpha value is -1.95. The van der Waals surface area contributed by atoms with Crippen molar-refractivity contribution in [2.45, 2.75) is 39.8 Å². The fraction of sp³-hybridized carbons (Fsp3) is 0.562. The highest BCUT2D eigenvalue weighted by molar-refractivity contribution is 5.00. The minimum atomic E-state index is -0.0293. The summed E-state index contributed by atoms with van der Waals surface area (Å²) in [5.41, 5.74) is 0.843. The molecule has 118 valence electrons. The minimum Gasteiger partial charge on any atom is -0.444 e. The molecule has 0 unspecified atom stereocenters. The Labute approximate surface area is 129 Å². The van der Waals surface area contributed by atoms with E-state index in [1.54, 1.807) is 16.8 Å². The fourth-order valence-electron chi connectivity index (χ4n) is 2.70. The van der Waals surface area contributed by atoms with Crippen LogP contribution in [0.15, 0.2) is 27.5 Å². The second-order valence-electron chi connectivity index (χ2n) is 6.37. The molecule has 2 aromatic rings. The van der Waals surface area contributed by atoms with Crippen molar-refractivity contribution < 1.29 is 4.42 Å². The number of likely N-dealkylation sites (tertiary alicyclic amines) is 1. The molecule has 0 aliphatic carbocycles. The maximum Gasteiger partial charge on any atom is 0.266 e. The zero-order valence-electron chi connectivity index (χ0n) is 13.3. The molecular weight excluding hydrogens is 280 g/mol. The molecule has 22 heavy (non-hydrogen) atoms. The number of rotatable bonds is 5. The Morgan fingerprint density at radius 2 is 2.14 bits per heavy atom. The van der Waals surface area contributed by atoms with E-state index in [0.717, 1.165) is 37.0 Å². The molecule has 0 saturated carbocycles. The summed E-state index contributed by atoms with van der Waals surface area (Å²) in [5.74, 6) is 2.53. The van der Waals surface area contributed by atoms with Gasteiger partial charge in [-0.05, 0) is 13.0 Å². The van der Waals surface area contributed by atoms with Crippen molar-refractivity contribution in [3.63, 3.8) is 0 Å². The largest absolute Gasteiger partial charge is 0.444 e. The molecule has 3 rings (SSSR count). The molecule has 0 N–H and O–H groups in total. The van der Waals surface area contributed by atoms with Gasteiger partial charge in [0.2, 0.25) is 5.89 Å². The van der Waals surface area contributed by atoms with Crippen LogP contribution in [0.2, 0.25) is 0 Å². The van der Waals surface area contributed by atoms with Gasteiger partial charge in [0.15, 0.2) is 0 Å². The van der Waals surface area contributed by atoms with Crippen LogP contribution in [-0.2, 0) is 13.1 Å². The van der Waals surface area contributed by atoms with Gasteiger partial charge in [0.25, 0.3) is 5.56 Å². The smallest absolute Gasteiger partial charge is 0.266 e. The monoisotopic (exact) mass is 302 g/mol. The van der Waals surface area contributed by atoms with Gasteiger partial charge < -0.3 is 4.42 Å². The lowest BCUT2D eigenvalue weighted by atomic mass is 10.0. The lowest BCUT2D eigenvalue weighted by molar-refractivity contribution is 0.0674. The molecule has 1 aliphatic rings. The SMILES string of the molecule is Cc1ccc(=O)n(CC2CN(Cc3ncc(C(C)C)o3)C2)n1. The standard InChI is InChI=1S/C16H22N4O2/c1-11(2)14-6-17-15(22-14)10-19-7-13(8-19)9-20-16(21)5-4-12(3)18-20/h4-6,11,13H,7-10H2,1-3H3. The maximum absolute atomic E-state index is 11.7. The number of aryl methyl sites for hydroxylation is 1. The zero-order valence-corrected chi connectivity index (χ0v) is 13.3. The highest BCUT2D eigenvalue weighted by Gasteiger charge is 2.28. The van der Waals surface area contributed by atoms with E-state index >= 15 is 0 Å². The highest BCUT2D eigenvalue weighted by Crippen LogP contribution is 2.21. The molecule has 0 atom stereocenters. The minimum absolute atomic E-state index is 0.0293. The molecule has 0 spiro atoms. The number of oxazole rings is 1. The van der Waals surface area contributed by atoms with Gasteiger partial charge in [0.05, 0.1) is 25.0 Å². The van der Waals surface area contributed by atoms with Crippen LogP contribution >= 0.6 is 0 Å². The van der Waals surface area contributed by atoms with E-state index in [1.165, 1.54) is 0 Å². The first-order valence-electron chi connectivity index (χ1n) is 7.73. The summed E-state index contributed by atoms with van der Waals surface area (Å²) in [7, 11) is 0. The van der Waals surface area contributed by atoms with E-state index in [9.17, 15) is 4.79 Å². The topological polar surface area (TPSA) is 64.2 Å². The van der Waals surface area contributed by atoms with Crippen molar-refractivity contribution in [3.05, 3.63) is 46.0 Å². The van der Waals surface area contributed by atoms with E-state index < -0.39 is 0 Å². The first-order chi connectivity index (χ1) is 10.5. The normalized spacial score (nSPS) is 16.2. The zero-order chi connectivity index (χ0) is 15.7. The maximum atomic E-state index is 11.7. The third kappa shape index (κ3) is 3.27. The summed E-state index contributed by atoms with van der Waals surface area (Å²) < 4.78 is 7.29. The van der Waals surface area contributed by atoms with Gasteiger partial charge in [-0.15, -0.1) is 0 Å². The van der Waals surface area contributed by atoms with Gasteiger partial charge in [0, 0.05) is 31.0 Å². The van der Waals surface area contributed by atoms with Crippen molar-refractivity contribution in [1.82, 2.24) is 19.7 Å². The van der Waals surface area contributed by atoms with Crippen LogP contribution in [-0.4, -0.2) is 32.8 Å². The molecule has 6 heteroatoms. The van der Waals surface area contributed by atoms with Crippen molar-refractivity contribution in [2.75, 3.05) is 13.1 Å². The van der Waals surface area contributed by atoms with Gasteiger partial charge >= 0.3 is 0 Å².